The number of nitrogens with one attached hydrogen (secondary N) is 2. The van der Waals surface area contributed by atoms with Crippen LogP contribution in [0.2, 0.25) is 0 Å². The molecule has 0 aliphatic carbocycles. The minimum absolute atomic E-state index is 0. The van der Waals surface area contributed by atoms with E-state index in [4.69, 9.17) is 5.84 Å². The number of carbonyl (C=O) groups excluding carboxylic acids is 1. The molecule has 1 heterocycles. The van der Waals surface area contributed by atoms with Gasteiger partial charge in [-0.05, 0) is 17.5 Å². The number of amides is 1. The maximum Gasteiger partial charge on any atom is 0.238 e. The highest BCUT2D eigenvalue weighted by Gasteiger charge is 2.02. The first kappa shape index (κ1) is 14.9. The zero-order valence-corrected chi connectivity index (χ0v) is 10.0. The standard InChI is InChI=1S/C13H16N4O.CH4/c14-17-13(18)9-11-3-1-10(2-4-11)5-6-12-15-7-8-16-12;/h1-4,7-8H,5-6,9,14H2,(H,15,16)(H,17,18);1H4. The Morgan fingerprint density at radius 2 is 1.89 bits per heavy atom. The van der Waals surface area contributed by atoms with Crippen LogP contribution < -0.4 is 11.3 Å². The molecule has 0 saturated carbocycles. The van der Waals surface area contributed by atoms with Crippen molar-refractivity contribution in [2.45, 2.75) is 26.7 Å². The van der Waals surface area contributed by atoms with E-state index in [1.165, 1.54) is 5.56 Å². The molecule has 1 aromatic heterocycles. The lowest BCUT2D eigenvalue weighted by atomic mass is 10.1. The van der Waals surface area contributed by atoms with E-state index in [1.54, 1.807) is 6.20 Å². The first-order valence-electron chi connectivity index (χ1n) is 5.83. The van der Waals surface area contributed by atoms with Crippen molar-refractivity contribution in [1.29, 1.82) is 0 Å². The van der Waals surface area contributed by atoms with Crippen LogP contribution in [0.15, 0.2) is 36.7 Å². The second kappa shape index (κ2) is 7.33. The molecule has 102 valence electrons. The van der Waals surface area contributed by atoms with Gasteiger partial charge >= 0.3 is 0 Å². The van der Waals surface area contributed by atoms with Crippen LogP contribution in [-0.4, -0.2) is 15.9 Å². The van der Waals surface area contributed by atoms with Crippen LogP contribution in [0.4, 0.5) is 0 Å². The maximum atomic E-state index is 11.1. The Hall–Kier alpha value is -2.14. The molecule has 5 heteroatoms. The van der Waals surface area contributed by atoms with Gasteiger partial charge in [-0.1, -0.05) is 31.7 Å². The summed E-state index contributed by atoms with van der Waals surface area (Å²) in [6.07, 6.45) is 5.70. The first-order chi connectivity index (χ1) is 8.78. The molecule has 19 heavy (non-hydrogen) atoms. The summed E-state index contributed by atoms with van der Waals surface area (Å²) in [5.74, 6) is 5.85. The summed E-state index contributed by atoms with van der Waals surface area (Å²) in [4.78, 5) is 18.4. The highest BCUT2D eigenvalue weighted by molar-refractivity contribution is 5.77. The lowest BCUT2D eigenvalue weighted by Crippen LogP contribution is -2.31. The summed E-state index contributed by atoms with van der Waals surface area (Å²) < 4.78 is 0. The number of hydrogen-bond donors (Lipinski definition) is 3. The summed E-state index contributed by atoms with van der Waals surface area (Å²) in [7, 11) is 0. The summed E-state index contributed by atoms with van der Waals surface area (Å²) in [6, 6.07) is 7.96. The molecule has 0 atom stereocenters. The van der Waals surface area contributed by atoms with E-state index in [1.807, 2.05) is 30.5 Å². The van der Waals surface area contributed by atoms with E-state index in [-0.39, 0.29) is 13.3 Å². The van der Waals surface area contributed by atoms with Gasteiger partial charge < -0.3 is 4.98 Å². The van der Waals surface area contributed by atoms with Crippen LogP contribution >= 0.6 is 0 Å². The molecule has 4 N–H and O–H groups in total. The Kier molecular flexibility index (Phi) is 5.75. The van der Waals surface area contributed by atoms with Gasteiger partial charge in [-0.3, -0.25) is 10.2 Å². The summed E-state index contributed by atoms with van der Waals surface area (Å²) in [6.45, 7) is 0. The fourth-order valence-corrected chi connectivity index (χ4v) is 1.76. The summed E-state index contributed by atoms with van der Waals surface area (Å²) in [5, 5.41) is 0. The number of imidazole rings is 1. The van der Waals surface area contributed by atoms with Gasteiger partial charge in [0, 0.05) is 18.8 Å². The number of rotatable bonds is 5. The van der Waals surface area contributed by atoms with Crippen LogP contribution in [0.1, 0.15) is 24.4 Å². The quantitative estimate of drug-likeness (QED) is 0.431. The molecular formula is C14H20N4O. The second-order valence-electron chi connectivity index (χ2n) is 4.10. The predicted octanol–water partition coefficient (Wildman–Crippen LogP) is 1.36. The lowest BCUT2D eigenvalue weighted by molar-refractivity contribution is -0.120. The van der Waals surface area contributed by atoms with Gasteiger partial charge in [-0.15, -0.1) is 0 Å². The molecule has 5 nitrogen and oxygen atoms in total. The number of hydrogen-bond acceptors (Lipinski definition) is 3. The Bertz CT molecular complexity index is 491. The highest BCUT2D eigenvalue weighted by atomic mass is 16.2. The van der Waals surface area contributed by atoms with Crippen molar-refractivity contribution in [2.24, 2.45) is 5.84 Å². The number of aromatic nitrogens is 2. The van der Waals surface area contributed by atoms with Crippen molar-refractivity contribution in [3.63, 3.8) is 0 Å². The SMILES string of the molecule is C.NNC(=O)Cc1ccc(CCc2ncc[nH]2)cc1. The van der Waals surface area contributed by atoms with Gasteiger partial charge in [0.05, 0.1) is 6.42 Å². The molecule has 0 fully saturated rings. The molecule has 1 aromatic carbocycles. The molecule has 0 aliphatic heterocycles. The van der Waals surface area contributed by atoms with Gasteiger partial charge in [0.15, 0.2) is 0 Å². The number of nitrogens with two attached hydrogens (primary N) is 1. The molecule has 0 saturated heterocycles. The Morgan fingerprint density at radius 1 is 1.21 bits per heavy atom. The topological polar surface area (TPSA) is 83.8 Å². The van der Waals surface area contributed by atoms with E-state index in [0.29, 0.717) is 6.42 Å². The van der Waals surface area contributed by atoms with Crippen molar-refractivity contribution in [2.75, 3.05) is 0 Å². The average Bonchev–Trinajstić information content (AvgIpc) is 2.91. The van der Waals surface area contributed by atoms with Crippen LogP contribution in [0.25, 0.3) is 0 Å². The van der Waals surface area contributed by atoms with Crippen molar-refractivity contribution in [1.82, 2.24) is 15.4 Å². The van der Waals surface area contributed by atoms with Gasteiger partial charge in [0.2, 0.25) is 5.91 Å². The lowest BCUT2D eigenvalue weighted by Gasteiger charge is -2.03. The molecule has 1 amide bonds. The van der Waals surface area contributed by atoms with Crippen molar-refractivity contribution in [3.05, 3.63) is 53.6 Å². The van der Waals surface area contributed by atoms with E-state index in [2.05, 4.69) is 15.4 Å². The van der Waals surface area contributed by atoms with Crippen LogP contribution in [0.3, 0.4) is 0 Å². The molecule has 0 radical (unpaired) electrons. The number of aryl methyl sites for hydroxylation is 2. The van der Waals surface area contributed by atoms with E-state index in [0.717, 1.165) is 24.2 Å². The smallest absolute Gasteiger partial charge is 0.238 e. The summed E-state index contributed by atoms with van der Waals surface area (Å²) >= 11 is 0. The predicted molar refractivity (Wildman–Crippen MR) is 75.2 cm³/mol. The highest BCUT2D eigenvalue weighted by Crippen LogP contribution is 2.08. The van der Waals surface area contributed by atoms with Gasteiger partial charge in [0.1, 0.15) is 5.82 Å². The number of aromatic amines is 1. The van der Waals surface area contributed by atoms with Crippen LogP contribution in [0.5, 0.6) is 0 Å². The third-order valence-electron chi connectivity index (χ3n) is 2.75. The number of H-pyrrole nitrogens is 1. The third kappa shape index (κ3) is 4.56. The average molecular weight is 260 g/mol. The zero-order chi connectivity index (χ0) is 12.8. The minimum atomic E-state index is -0.182. The largest absolute Gasteiger partial charge is 0.349 e. The fourth-order valence-electron chi connectivity index (χ4n) is 1.76. The zero-order valence-electron chi connectivity index (χ0n) is 10.0. The van der Waals surface area contributed by atoms with E-state index < -0.39 is 0 Å². The van der Waals surface area contributed by atoms with Gasteiger partial charge in [-0.25, -0.2) is 10.8 Å². The monoisotopic (exact) mass is 260 g/mol. The Labute approximate surface area is 113 Å². The van der Waals surface area contributed by atoms with E-state index in [9.17, 15) is 4.79 Å². The first-order valence-corrected chi connectivity index (χ1v) is 5.83. The molecule has 0 bridgehead atoms. The molecule has 0 aliphatic rings. The molecule has 2 aromatic rings. The van der Waals surface area contributed by atoms with Crippen molar-refractivity contribution < 1.29 is 4.79 Å². The number of hydrazine groups is 1. The summed E-state index contributed by atoms with van der Waals surface area (Å²) in [5.41, 5.74) is 4.30. The fraction of sp³-hybridized carbons (Fsp3) is 0.286. The molecule has 0 spiro atoms. The van der Waals surface area contributed by atoms with Crippen LogP contribution in [0, 0.1) is 0 Å². The maximum absolute atomic E-state index is 11.1. The number of carbonyl (C=O) groups is 1. The van der Waals surface area contributed by atoms with Crippen molar-refractivity contribution in [3.8, 4) is 0 Å². The molecule has 0 unspecified atom stereocenters. The van der Waals surface area contributed by atoms with Crippen molar-refractivity contribution >= 4 is 5.91 Å². The minimum Gasteiger partial charge on any atom is -0.349 e. The van der Waals surface area contributed by atoms with E-state index >= 15 is 0 Å². The number of nitrogens with zero attached hydrogens (tertiary/aromatic N) is 1. The van der Waals surface area contributed by atoms with Gasteiger partial charge in [-0.2, -0.15) is 0 Å². The Morgan fingerprint density at radius 3 is 2.47 bits per heavy atom. The molecule has 2 rings (SSSR count). The van der Waals surface area contributed by atoms with Gasteiger partial charge in [0.25, 0.3) is 0 Å². The normalized spacial score (nSPS) is 9.74. The number of benzene rings is 1. The Balaban J connectivity index is 0.00000180. The van der Waals surface area contributed by atoms with Crippen LogP contribution in [-0.2, 0) is 24.1 Å². The second-order valence-corrected chi connectivity index (χ2v) is 4.10. The molecular weight excluding hydrogens is 240 g/mol. The third-order valence-corrected chi connectivity index (χ3v) is 2.75.